The van der Waals surface area contributed by atoms with Crippen molar-refractivity contribution in [2.24, 2.45) is 0 Å². The molecule has 6 nitrogen and oxygen atoms in total. The highest BCUT2D eigenvalue weighted by Crippen LogP contribution is 2.19. The van der Waals surface area contributed by atoms with E-state index in [4.69, 9.17) is 4.74 Å². The van der Waals surface area contributed by atoms with Crippen molar-refractivity contribution in [3.8, 4) is 0 Å². The Morgan fingerprint density at radius 3 is 2.67 bits per heavy atom. The minimum absolute atomic E-state index is 0.0242. The number of benzene rings is 2. The first-order chi connectivity index (χ1) is 12.9. The Balaban J connectivity index is 1.80. The Kier molecular flexibility index (Phi) is 5.94. The topological polar surface area (TPSA) is 75.7 Å². The number of morpholine rings is 1. The molecular formula is C20H24N2O4S. The molecule has 1 saturated heterocycles. The zero-order valence-electron chi connectivity index (χ0n) is 15.5. The first kappa shape index (κ1) is 19.5. The Morgan fingerprint density at radius 1 is 1.22 bits per heavy atom. The minimum Gasteiger partial charge on any atom is -0.375 e. The van der Waals surface area contributed by atoms with Crippen LogP contribution in [0, 0.1) is 6.92 Å². The third kappa shape index (κ3) is 4.74. The van der Waals surface area contributed by atoms with Crippen LogP contribution in [0.4, 0.5) is 0 Å². The Hall–Kier alpha value is -2.22. The fourth-order valence-corrected chi connectivity index (χ4v) is 4.35. The van der Waals surface area contributed by atoms with Gasteiger partial charge in [0, 0.05) is 25.2 Å². The summed E-state index contributed by atoms with van der Waals surface area (Å²) < 4.78 is 33.6. The average molecular weight is 388 g/mol. The lowest BCUT2D eigenvalue weighted by Crippen LogP contribution is -2.44. The number of amides is 1. The summed E-state index contributed by atoms with van der Waals surface area (Å²) in [5.74, 6) is -0.176. The van der Waals surface area contributed by atoms with Gasteiger partial charge >= 0.3 is 0 Å². The molecule has 1 atom stereocenters. The van der Waals surface area contributed by atoms with Gasteiger partial charge in [-0.25, -0.2) is 13.1 Å². The van der Waals surface area contributed by atoms with Gasteiger partial charge in [0.25, 0.3) is 5.91 Å². The third-order valence-electron chi connectivity index (χ3n) is 4.56. The fourth-order valence-electron chi connectivity index (χ4n) is 3.06. The quantitative estimate of drug-likeness (QED) is 0.853. The normalized spacial score (nSPS) is 17.7. The Labute approximate surface area is 160 Å². The predicted molar refractivity (Wildman–Crippen MR) is 103 cm³/mol. The molecule has 144 valence electrons. The number of rotatable bonds is 5. The summed E-state index contributed by atoms with van der Waals surface area (Å²) in [7, 11) is -3.73. The summed E-state index contributed by atoms with van der Waals surface area (Å²) in [6.45, 7) is 5.33. The van der Waals surface area contributed by atoms with Gasteiger partial charge in [0.05, 0.1) is 17.6 Å². The second-order valence-electron chi connectivity index (χ2n) is 6.72. The lowest BCUT2D eigenvalue weighted by atomic mass is 10.1. The van der Waals surface area contributed by atoms with Crippen LogP contribution in [-0.2, 0) is 21.3 Å². The van der Waals surface area contributed by atoms with Gasteiger partial charge in [-0.1, -0.05) is 36.4 Å². The number of hydrogen-bond acceptors (Lipinski definition) is 4. The molecule has 7 heteroatoms. The van der Waals surface area contributed by atoms with Crippen LogP contribution in [0.25, 0.3) is 0 Å². The van der Waals surface area contributed by atoms with Crippen LogP contribution in [0.2, 0.25) is 0 Å². The van der Waals surface area contributed by atoms with E-state index in [9.17, 15) is 13.2 Å². The van der Waals surface area contributed by atoms with E-state index in [1.54, 1.807) is 24.0 Å². The van der Waals surface area contributed by atoms with Gasteiger partial charge < -0.3 is 9.64 Å². The predicted octanol–water partition coefficient (Wildman–Crippen LogP) is 2.33. The van der Waals surface area contributed by atoms with Crippen LogP contribution in [0.15, 0.2) is 53.4 Å². The summed E-state index contributed by atoms with van der Waals surface area (Å²) in [5.41, 5.74) is 1.84. The molecule has 0 aliphatic carbocycles. The maximum atomic E-state index is 12.8. The summed E-state index contributed by atoms with van der Waals surface area (Å²) >= 11 is 0. The monoisotopic (exact) mass is 388 g/mol. The molecule has 1 fully saturated rings. The Bertz CT molecular complexity index is 913. The van der Waals surface area contributed by atoms with E-state index in [1.165, 1.54) is 6.07 Å². The van der Waals surface area contributed by atoms with Crippen LogP contribution < -0.4 is 4.72 Å². The largest absolute Gasteiger partial charge is 0.375 e. The lowest BCUT2D eigenvalue weighted by molar-refractivity contribution is -0.0124. The summed E-state index contributed by atoms with van der Waals surface area (Å²) in [4.78, 5) is 14.6. The molecular weight excluding hydrogens is 364 g/mol. The molecule has 1 amide bonds. The second-order valence-corrected chi connectivity index (χ2v) is 8.46. The number of sulfonamides is 1. The lowest BCUT2D eigenvalue weighted by Gasteiger charge is -2.31. The molecule has 1 heterocycles. The summed E-state index contributed by atoms with van der Waals surface area (Å²) in [5, 5.41) is 0. The van der Waals surface area contributed by atoms with Crippen LogP contribution >= 0.6 is 0 Å². The van der Waals surface area contributed by atoms with Crippen molar-refractivity contribution in [3.05, 3.63) is 65.2 Å². The number of ether oxygens (including phenoxy) is 1. The summed E-state index contributed by atoms with van der Waals surface area (Å²) in [6, 6.07) is 14.1. The molecule has 1 aliphatic rings. The fraction of sp³-hybridized carbons (Fsp3) is 0.350. The van der Waals surface area contributed by atoms with E-state index in [0.29, 0.717) is 30.8 Å². The number of nitrogens with zero attached hydrogens (tertiary/aromatic N) is 1. The maximum Gasteiger partial charge on any atom is 0.254 e. The van der Waals surface area contributed by atoms with Crippen molar-refractivity contribution < 1.29 is 17.9 Å². The van der Waals surface area contributed by atoms with Crippen LogP contribution in [0.1, 0.15) is 28.4 Å². The smallest absolute Gasteiger partial charge is 0.254 e. The molecule has 2 aromatic carbocycles. The van der Waals surface area contributed by atoms with Crippen LogP contribution in [0.5, 0.6) is 0 Å². The van der Waals surface area contributed by atoms with E-state index in [-0.39, 0.29) is 23.5 Å². The standard InChI is InChI=1S/C20H24N2O4S/c1-15-8-9-18(20(23)22-10-11-26-16(2)14-22)12-19(15)27(24,25)21-13-17-6-4-3-5-7-17/h3-9,12,16,21H,10-11,13-14H2,1-2H3. The molecule has 1 aliphatic heterocycles. The number of hydrogen-bond donors (Lipinski definition) is 1. The van der Waals surface area contributed by atoms with Gasteiger partial charge in [0.2, 0.25) is 10.0 Å². The number of carbonyl (C=O) groups is 1. The first-order valence-electron chi connectivity index (χ1n) is 8.92. The van der Waals surface area contributed by atoms with E-state index in [2.05, 4.69) is 4.72 Å². The van der Waals surface area contributed by atoms with Crippen molar-refractivity contribution in [3.63, 3.8) is 0 Å². The zero-order chi connectivity index (χ0) is 19.4. The van der Waals surface area contributed by atoms with Crippen molar-refractivity contribution in [2.75, 3.05) is 19.7 Å². The van der Waals surface area contributed by atoms with E-state index < -0.39 is 10.0 Å². The maximum absolute atomic E-state index is 12.8. The zero-order valence-corrected chi connectivity index (χ0v) is 16.3. The molecule has 0 spiro atoms. The molecule has 0 aromatic heterocycles. The molecule has 2 aromatic rings. The van der Waals surface area contributed by atoms with Crippen molar-refractivity contribution >= 4 is 15.9 Å². The van der Waals surface area contributed by atoms with Gasteiger partial charge in [-0.3, -0.25) is 4.79 Å². The van der Waals surface area contributed by atoms with Gasteiger partial charge in [-0.2, -0.15) is 0 Å². The second kappa shape index (κ2) is 8.21. The van der Waals surface area contributed by atoms with E-state index >= 15 is 0 Å². The van der Waals surface area contributed by atoms with Gasteiger partial charge in [-0.15, -0.1) is 0 Å². The number of nitrogens with one attached hydrogen (secondary N) is 1. The summed E-state index contributed by atoms with van der Waals surface area (Å²) in [6.07, 6.45) is -0.0242. The van der Waals surface area contributed by atoms with Crippen molar-refractivity contribution in [1.82, 2.24) is 9.62 Å². The molecule has 27 heavy (non-hydrogen) atoms. The highest BCUT2D eigenvalue weighted by atomic mass is 32.2. The van der Waals surface area contributed by atoms with Crippen molar-refractivity contribution in [1.29, 1.82) is 0 Å². The van der Waals surface area contributed by atoms with Gasteiger partial charge in [0.15, 0.2) is 0 Å². The highest BCUT2D eigenvalue weighted by Gasteiger charge is 2.25. The first-order valence-corrected chi connectivity index (χ1v) is 10.4. The molecule has 1 unspecified atom stereocenters. The average Bonchev–Trinajstić information content (AvgIpc) is 2.67. The van der Waals surface area contributed by atoms with Gasteiger partial charge in [0.1, 0.15) is 0 Å². The molecule has 0 radical (unpaired) electrons. The molecule has 0 bridgehead atoms. The van der Waals surface area contributed by atoms with Crippen LogP contribution in [0.3, 0.4) is 0 Å². The van der Waals surface area contributed by atoms with E-state index in [1.807, 2.05) is 37.3 Å². The van der Waals surface area contributed by atoms with Crippen LogP contribution in [-0.4, -0.2) is 45.0 Å². The highest BCUT2D eigenvalue weighted by molar-refractivity contribution is 7.89. The van der Waals surface area contributed by atoms with Crippen molar-refractivity contribution in [2.45, 2.75) is 31.4 Å². The van der Waals surface area contributed by atoms with Gasteiger partial charge in [-0.05, 0) is 37.1 Å². The molecule has 3 rings (SSSR count). The Morgan fingerprint density at radius 2 is 1.96 bits per heavy atom. The minimum atomic E-state index is -3.73. The SMILES string of the molecule is Cc1ccc(C(=O)N2CCOC(C)C2)cc1S(=O)(=O)NCc1ccccc1. The number of carbonyl (C=O) groups excluding carboxylic acids is 1. The molecule has 1 N–H and O–H groups in total. The molecule has 0 saturated carbocycles. The third-order valence-corrected chi connectivity index (χ3v) is 6.11. The number of aryl methyl sites for hydroxylation is 1. The van der Waals surface area contributed by atoms with E-state index in [0.717, 1.165) is 5.56 Å².